The van der Waals surface area contributed by atoms with Crippen molar-refractivity contribution in [1.29, 1.82) is 0 Å². The minimum Gasteiger partial charge on any atom is -0.497 e. The quantitative estimate of drug-likeness (QED) is 0.812. The number of hydrogen-bond acceptors (Lipinski definition) is 4. The van der Waals surface area contributed by atoms with Crippen LogP contribution in [0.4, 0.5) is 0 Å². The number of aromatic amines is 1. The number of H-pyrrole nitrogens is 1. The van der Waals surface area contributed by atoms with Crippen LogP contribution in [-0.2, 0) is 6.42 Å². The molecule has 1 aromatic heterocycles. The monoisotopic (exact) mass is 231 g/mol. The molecule has 0 aliphatic rings. The normalized spacial score (nSPS) is 10.2. The molecule has 0 bridgehead atoms. The van der Waals surface area contributed by atoms with Crippen molar-refractivity contribution in [2.75, 3.05) is 7.11 Å². The Morgan fingerprint density at radius 1 is 1.35 bits per heavy atom. The van der Waals surface area contributed by atoms with Gasteiger partial charge in [-0.05, 0) is 17.7 Å². The summed E-state index contributed by atoms with van der Waals surface area (Å²) in [5.74, 6) is 0.727. The van der Waals surface area contributed by atoms with Gasteiger partial charge in [-0.1, -0.05) is 17.3 Å². The number of nitrogens with zero attached hydrogens (tertiary/aromatic N) is 2. The molecule has 5 nitrogen and oxygen atoms in total. The summed E-state index contributed by atoms with van der Waals surface area (Å²) < 4.78 is 5.08. The number of benzene rings is 1. The van der Waals surface area contributed by atoms with Gasteiger partial charge >= 0.3 is 0 Å². The van der Waals surface area contributed by atoms with Crippen LogP contribution in [0.15, 0.2) is 24.3 Å². The first kappa shape index (κ1) is 11.3. The van der Waals surface area contributed by atoms with E-state index < -0.39 is 0 Å². The maximum absolute atomic E-state index is 11.3. The third-order valence-corrected chi connectivity index (χ3v) is 2.49. The molecule has 0 saturated heterocycles. The Kier molecular flexibility index (Phi) is 3.18. The lowest BCUT2D eigenvalue weighted by Gasteiger charge is -2.02. The molecule has 17 heavy (non-hydrogen) atoms. The molecule has 0 spiro atoms. The van der Waals surface area contributed by atoms with Crippen LogP contribution in [0.25, 0.3) is 0 Å². The van der Waals surface area contributed by atoms with Crippen LogP contribution < -0.4 is 4.74 Å². The fourth-order valence-electron chi connectivity index (χ4n) is 1.60. The molecule has 1 aromatic carbocycles. The van der Waals surface area contributed by atoms with Gasteiger partial charge in [-0.25, -0.2) is 0 Å². The Hall–Kier alpha value is -2.17. The first-order chi connectivity index (χ1) is 8.20. The van der Waals surface area contributed by atoms with Crippen molar-refractivity contribution in [2.24, 2.45) is 0 Å². The van der Waals surface area contributed by atoms with Gasteiger partial charge in [0.15, 0.2) is 11.5 Å². The Morgan fingerprint density at radius 2 is 2.06 bits per heavy atom. The van der Waals surface area contributed by atoms with Crippen LogP contribution in [0, 0.1) is 0 Å². The minimum absolute atomic E-state index is 0.0812. The second-order valence-electron chi connectivity index (χ2n) is 3.72. The third kappa shape index (κ3) is 2.50. The molecule has 0 aliphatic carbocycles. The van der Waals surface area contributed by atoms with Crippen LogP contribution in [0.5, 0.6) is 5.75 Å². The Labute approximate surface area is 98.8 Å². The van der Waals surface area contributed by atoms with Crippen molar-refractivity contribution in [3.8, 4) is 5.75 Å². The van der Waals surface area contributed by atoms with Gasteiger partial charge in [0.25, 0.3) is 0 Å². The van der Waals surface area contributed by atoms with Crippen molar-refractivity contribution in [1.82, 2.24) is 15.4 Å². The summed E-state index contributed by atoms with van der Waals surface area (Å²) in [6.07, 6.45) is 0.603. The summed E-state index contributed by atoms with van der Waals surface area (Å²) in [6, 6.07) is 7.66. The maximum Gasteiger partial charge on any atom is 0.181 e. The zero-order valence-corrected chi connectivity index (χ0v) is 9.73. The van der Waals surface area contributed by atoms with Gasteiger partial charge in [-0.2, -0.15) is 0 Å². The van der Waals surface area contributed by atoms with Gasteiger partial charge in [0.1, 0.15) is 5.75 Å². The summed E-state index contributed by atoms with van der Waals surface area (Å²) in [7, 11) is 1.63. The molecular formula is C12H13N3O2. The number of hydrogen-bond donors (Lipinski definition) is 1. The van der Waals surface area contributed by atoms with Crippen molar-refractivity contribution in [3.63, 3.8) is 0 Å². The van der Waals surface area contributed by atoms with Crippen molar-refractivity contribution in [2.45, 2.75) is 13.3 Å². The molecule has 1 N–H and O–H groups in total. The van der Waals surface area contributed by atoms with E-state index >= 15 is 0 Å². The molecule has 0 fully saturated rings. The number of methoxy groups -OCH3 is 1. The lowest BCUT2D eigenvalue weighted by Crippen LogP contribution is -2.00. The molecule has 2 rings (SSSR count). The zero-order valence-electron chi connectivity index (χ0n) is 9.73. The van der Waals surface area contributed by atoms with E-state index in [2.05, 4.69) is 15.4 Å². The fraction of sp³-hybridized carbons (Fsp3) is 0.250. The van der Waals surface area contributed by atoms with E-state index in [9.17, 15) is 4.79 Å². The van der Waals surface area contributed by atoms with E-state index in [0.717, 1.165) is 17.0 Å². The molecule has 0 atom stereocenters. The number of nitrogens with one attached hydrogen (secondary N) is 1. The Balaban J connectivity index is 2.19. The molecule has 0 saturated carbocycles. The van der Waals surface area contributed by atoms with E-state index in [1.165, 1.54) is 6.92 Å². The molecule has 5 heteroatoms. The van der Waals surface area contributed by atoms with Gasteiger partial charge in [-0.3, -0.25) is 9.89 Å². The van der Waals surface area contributed by atoms with E-state index in [0.29, 0.717) is 12.1 Å². The number of aromatic nitrogens is 3. The second kappa shape index (κ2) is 4.78. The first-order valence-electron chi connectivity index (χ1n) is 5.24. The zero-order chi connectivity index (χ0) is 12.3. The van der Waals surface area contributed by atoms with Crippen LogP contribution in [0.3, 0.4) is 0 Å². The maximum atomic E-state index is 11.3. The average molecular weight is 231 g/mol. The van der Waals surface area contributed by atoms with Crippen LogP contribution >= 0.6 is 0 Å². The van der Waals surface area contributed by atoms with E-state index in [1.807, 2.05) is 24.3 Å². The van der Waals surface area contributed by atoms with Crippen LogP contribution in [-0.4, -0.2) is 28.3 Å². The van der Waals surface area contributed by atoms with Gasteiger partial charge < -0.3 is 4.74 Å². The highest BCUT2D eigenvalue weighted by Gasteiger charge is 2.11. The lowest BCUT2D eigenvalue weighted by atomic mass is 10.1. The second-order valence-corrected chi connectivity index (χ2v) is 3.72. The number of carbonyl (C=O) groups is 1. The fourth-order valence-corrected chi connectivity index (χ4v) is 1.60. The molecule has 88 valence electrons. The van der Waals surface area contributed by atoms with Crippen LogP contribution in [0.1, 0.15) is 28.7 Å². The average Bonchev–Trinajstić information content (AvgIpc) is 2.78. The summed E-state index contributed by atoms with van der Waals surface area (Å²) in [5.41, 5.74) is 2.21. The molecular weight excluding hydrogens is 218 g/mol. The Morgan fingerprint density at radius 3 is 2.65 bits per heavy atom. The third-order valence-electron chi connectivity index (χ3n) is 2.49. The summed E-state index contributed by atoms with van der Waals surface area (Å²) in [6.45, 7) is 1.48. The molecule has 1 heterocycles. The van der Waals surface area contributed by atoms with E-state index in [4.69, 9.17) is 4.74 Å². The van der Waals surface area contributed by atoms with Gasteiger partial charge in [0.05, 0.1) is 12.8 Å². The standard InChI is InChI=1S/C12H13N3O2/c1-8(16)12-11(13-15-14-12)7-9-3-5-10(17-2)6-4-9/h3-6H,7H2,1-2H3,(H,13,14,15). The number of rotatable bonds is 4. The number of ketones is 1. The predicted molar refractivity (Wildman–Crippen MR) is 62.2 cm³/mol. The molecule has 0 unspecified atom stereocenters. The molecule has 0 amide bonds. The Bertz CT molecular complexity index is 517. The van der Waals surface area contributed by atoms with Gasteiger partial charge in [0, 0.05) is 13.3 Å². The van der Waals surface area contributed by atoms with Gasteiger partial charge in [-0.15, -0.1) is 5.10 Å². The highest BCUT2D eigenvalue weighted by atomic mass is 16.5. The molecule has 0 radical (unpaired) electrons. The topological polar surface area (TPSA) is 67.9 Å². The number of Topliss-reactive ketones (excluding diaryl/α,β-unsaturated/α-hetero) is 1. The summed E-state index contributed by atoms with van der Waals surface area (Å²) >= 11 is 0. The lowest BCUT2D eigenvalue weighted by molar-refractivity contribution is 0.101. The number of ether oxygens (including phenoxy) is 1. The van der Waals surface area contributed by atoms with Crippen molar-refractivity contribution in [3.05, 3.63) is 41.2 Å². The predicted octanol–water partition coefficient (Wildman–Crippen LogP) is 1.61. The van der Waals surface area contributed by atoms with Crippen LogP contribution in [0.2, 0.25) is 0 Å². The highest BCUT2D eigenvalue weighted by Crippen LogP contribution is 2.15. The van der Waals surface area contributed by atoms with E-state index in [-0.39, 0.29) is 5.78 Å². The summed E-state index contributed by atoms with van der Waals surface area (Å²) in [5, 5.41) is 10.2. The molecule has 2 aromatic rings. The van der Waals surface area contributed by atoms with Crippen molar-refractivity contribution < 1.29 is 9.53 Å². The SMILES string of the molecule is COc1ccc(Cc2[nH]nnc2C(C)=O)cc1. The van der Waals surface area contributed by atoms with E-state index in [1.54, 1.807) is 7.11 Å². The minimum atomic E-state index is -0.0812. The van der Waals surface area contributed by atoms with Crippen molar-refractivity contribution >= 4 is 5.78 Å². The number of carbonyl (C=O) groups excluding carboxylic acids is 1. The molecule has 0 aliphatic heterocycles. The summed E-state index contributed by atoms with van der Waals surface area (Å²) in [4.78, 5) is 11.3. The first-order valence-corrected chi connectivity index (χ1v) is 5.24. The van der Waals surface area contributed by atoms with Gasteiger partial charge in [0.2, 0.25) is 0 Å². The largest absolute Gasteiger partial charge is 0.497 e. The highest BCUT2D eigenvalue weighted by molar-refractivity contribution is 5.93. The smallest absolute Gasteiger partial charge is 0.181 e.